The smallest absolute Gasteiger partial charge is 0.425 e. The molecular formula is C17H18F3N7OS. The molecule has 0 radical (unpaired) electrons. The summed E-state index contributed by atoms with van der Waals surface area (Å²) in [6.07, 6.45) is 0.175. The highest BCUT2D eigenvalue weighted by atomic mass is 32.1. The van der Waals surface area contributed by atoms with Gasteiger partial charge in [0.05, 0.1) is 6.04 Å². The highest BCUT2D eigenvalue weighted by Crippen LogP contribution is 2.27. The van der Waals surface area contributed by atoms with Gasteiger partial charge < -0.3 is 15.4 Å². The van der Waals surface area contributed by atoms with Crippen LogP contribution in [0.15, 0.2) is 43.3 Å². The number of fused-ring (bicyclic) bond motifs is 1. The van der Waals surface area contributed by atoms with Crippen molar-refractivity contribution in [2.45, 2.75) is 32.2 Å². The number of aryl methyl sites for hydroxylation is 1. The van der Waals surface area contributed by atoms with Crippen molar-refractivity contribution >= 4 is 28.3 Å². The van der Waals surface area contributed by atoms with E-state index in [9.17, 15) is 13.2 Å². The first-order valence-corrected chi connectivity index (χ1v) is 9.25. The fourth-order valence-electron chi connectivity index (χ4n) is 2.21. The normalized spacial score (nSPS) is 14.1. The number of anilines is 2. The quantitative estimate of drug-likeness (QED) is 0.531. The van der Waals surface area contributed by atoms with E-state index >= 15 is 0 Å². The minimum atomic E-state index is -4.48. The van der Waals surface area contributed by atoms with Gasteiger partial charge in [-0.1, -0.05) is 6.08 Å². The summed E-state index contributed by atoms with van der Waals surface area (Å²) in [5.74, 6) is 0.870. The highest BCUT2D eigenvalue weighted by Gasteiger charge is 2.38. The molecule has 0 aliphatic heterocycles. The monoisotopic (exact) mass is 425 g/mol. The second-order valence-corrected chi connectivity index (χ2v) is 6.69. The Morgan fingerprint density at radius 1 is 1.34 bits per heavy atom. The van der Waals surface area contributed by atoms with Gasteiger partial charge in [0.25, 0.3) is 0 Å². The van der Waals surface area contributed by atoms with E-state index in [1.54, 1.807) is 31.5 Å². The number of rotatable bonds is 8. The summed E-state index contributed by atoms with van der Waals surface area (Å²) in [4.78, 5) is 8.40. The number of hydrogen-bond donors (Lipinski definition) is 2. The van der Waals surface area contributed by atoms with Gasteiger partial charge in [-0.05, 0) is 32.1 Å². The molecule has 29 heavy (non-hydrogen) atoms. The summed E-state index contributed by atoms with van der Waals surface area (Å²) in [6, 6.07) is 2.60. The first-order chi connectivity index (χ1) is 13.8. The van der Waals surface area contributed by atoms with Crippen LogP contribution in [0.25, 0.3) is 5.65 Å². The fraction of sp³-hybridized carbons (Fsp3) is 0.294. The molecule has 8 nitrogen and oxygen atoms in total. The number of pyridine rings is 1. The lowest BCUT2D eigenvalue weighted by Gasteiger charge is -2.17. The van der Waals surface area contributed by atoms with Crippen molar-refractivity contribution in [2.75, 3.05) is 10.6 Å². The fourth-order valence-corrected chi connectivity index (χ4v) is 2.76. The van der Waals surface area contributed by atoms with Gasteiger partial charge in [0.15, 0.2) is 17.5 Å². The first kappa shape index (κ1) is 20.6. The summed E-state index contributed by atoms with van der Waals surface area (Å²) in [6.45, 7) is 6.47. The molecule has 2 unspecified atom stereocenters. The predicted octanol–water partition coefficient (Wildman–Crippen LogP) is 3.81. The second kappa shape index (κ2) is 8.47. The molecule has 2 atom stereocenters. The summed E-state index contributed by atoms with van der Waals surface area (Å²) >= 11 is 1.23. The van der Waals surface area contributed by atoms with Gasteiger partial charge in [-0.2, -0.15) is 22.5 Å². The Bertz CT molecular complexity index is 1010. The van der Waals surface area contributed by atoms with Crippen molar-refractivity contribution in [2.24, 2.45) is 0 Å². The number of nitrogens with one attached hydrogen (secondary N) is 2. The van der Waals surface area contributed by atoms with Crippen molar-refractivity contribution in [3.8, 4) is 5.75 Å². The average molecular weight is 425 g/mol. The van der Waals surface area contributed by atoms with Gasteiger partial charge in [-0.25, -0.2) is 9.50 Å². The molecule has 0 aromatic carbocycles. The summed E-state index contributed by atoms with van der Waals surface area (Å²) in [5, 5.41) is 10.9. The van der Waals surface area contributed by atoms with E-state index < -0.39 is 12.3 Å². The Kier molecular flexibility index (Phi) is 6.01. The van der Waals surface area contributed by atoms with Crippen LogP contribution in [0.1, 0.15) is 12.7 Å². The first-order valence-electron chi connectivity index (χ1n) is 8.47. The SMILES string of the molecule is C=CC(/C=C/Nc1nc(C)ns1)Nc1nc2c(OC(C)C(F)(F)F)cccn2n1. The van der Waals surface area contributed by atoms with Crippen LogP contribution in [0.2, 0.25) is 0 Å². The Hall–Kier alpha value is -3.15. The van der Waals surface area contributed by atoms with Crippen LogP contribution in [0.5, 0.6) is 5.75 Å². The molecule has 0 fully saturated rings. The van der Waals surface area contributed by atoms with Crippen LogP contribution in [0.3, 0.4) is 0 Å². The van der Waals surface area contributed by atoms with Crippen molar-refractivity contribution < 1.29 is 17.9 Å². The number of halogens is 3. The zero-order valence-corrected chi connectivity index (χ0v) is 16.3. The third-order valence-corrected chi connectivity index (χ3v) is 4.42. The van der Waals surface area contributed by atoms with Crippen LogP contribution in [-0.4, -0.2) is 42.3 Å². The van der Waals surface area contributed by atoms with E-state index in [-0.39, 0.29) is 23.4 Å². The van der Waals surface area contributed by atoms with E-state index in [1.807, 2.05) is 0 Å². The third kappa shape index (κ3) is 5.22. The molecule has 0 aliphatic carbocycles. The average Bonchev–Trinajstić information content (AvgIpc) is 3.26. The van der Waals surface area contributed by atoms with Gasteiger partial charge in [0.1, 0.15) is 5.82 Å². The molecule has 3 heterocycles. The van der Waals surface area contributed by atoms with Crippen molar-refractivity contribution in [1.82, 2.24) is 24.0 Å². The molecule has 2 N–H and O–H groups in total. The largest absolute Gasteiger partial charge is 0.477 e. The van der Waals surface area contributed by atoms with Crippen LogP contribution < -0.4 is 15.4 Å². The molecule has 0 amide bonds. The van der Waals surface area contributed by atoms with Gasteiger partial charge in [0, 0.05) is 23.9 Å². The predicted molar refractivity (Wildman–Crippen MR) is 104 cm³/mol. The van der Waals surface area contributed by atoms with E-state index in [0.717, 1.165) is 6.92 Å². The lowest BCUT2D eigenvalue weighted by Crippen LogP contribution is -2.31. The lowest BCUT2D eigenvalue weighted by molar-refractivity contribution is -0.189. The van der Waals surface area contributed by atoms with Gasteiger partial charge in [-0.15, -0.1) is 11.7 Å². The third-order valence-electron chi connectivity index (χ3n) is 3.68. The molecule has 3 aromatic heterocycles. The van der Waals surface area contributed by atoms with E-state index in [2.05, 4.69) is 36.7 Å². The second-order valence-electron chi connectivity index (χ2n) is 5.93. The Balaban J connectivity index is 1.72. The Labute approximate surface area is 168 Å². The molecular weight excluding hydrogens is 407 g/mol. The van der Waals surface area contributed by atoms with E-state index in [1.165, 1.54) is 28.2 Å². The molecule has 12 heteroatoms. The summed E-state index contributed by atoms with van der Waals surface area (Å²) < 4.78 is 48.8. The van der Waals surface area contributed by atoms with Crippen LogP contribution in [0.4, 0.5) is 24.3 Å². The van der Waals surface area contributed by atoms with Crippen molar-refractivity contribution in [3.63, 3.8) is 0 Å². The number of ether oxygens (including phenoxy) is 1. The van der Waals surface area contributed by atoms with Crippen LogP contribution >= 0.6 is 11.5 Å². The number of hydrogen-bond acceptors (Lipinski definition) is 8. The maximum absolute atomic E-state index is 12.8. The molecule has 0 bridgehead atoms. The maximum Gasteiger partial charge on any atom is 0.425 e. The van der Waals surface area contributed by atoms with E-state index in [0.29, 0.717) is 11.0 Å². The molecule has 0 saturated heterocycles. The van der Waals surface area contributed by atoms with Crippen LogP contribution in [-0.2, 0) is 0 Å². The Morgan fingerprint density at radius 2 is 2.14 bits per heavy atom. The van der Waals surface area contributed by atoms with Crippen LogP contribution in [0, 0.1) is 6.92 Å². The van der Waals surface area contributed by atoms with E-state index in [4.69, 9.17) is 4.74 Å². The minimum Gasteiger partial charge on any atom is -0.477 e. The molecule has 0 saturated carbocycles. The van der Waals surface area contributed by atoms with Gasteiger partial charge in [0.2, 0.25) is 11.1 Å². The lowest BCUT2D eigenvalue weighted by atomic mass is 10.3. The molecule has 0 spiro atoms. The molecule has 3 rings (SSSR count). The topological polar surface area (TPSA) is 89.3 Å². The minimum absolute atomic E-state index is 0.0168. The maximum atomic E-state index is 12.8. The van der Waals surface area contributed by atoms with Crippen molar-refractivity contribution in [3.05, 3.63) is 49.1 Å². The zero-order chi connectivity index (χ0) is 21.0. The van der Waals surface area contributed by atoms with Gasteiger partial charge in [-0.3, -0.25) is 0 Å². The summed E-state index contributed by atoms with van der Waals surface area (Å²) in [5.41, 5.74) is 0.167. The molecule has 3 aromatic rings. The number of alkyl halides is 3. The standard InChI is InChI=1S/C17H18F3N7OS/c1-4-12(7-8-21-16-22-11(3)26-29-16)23-15-24-14-13(6-5-9-27(14)25-15)28-10(2)17(18,19)20/h4-10,12H,1H2,2-3H3,(H,23,25)(H,21,22,26)/b8-7+. The van der Waals surface area contributed by atoms with Crippen molar-refractivity contribution in [1.29, 1.82) is 0 Å². The summed E-state index contributed by atoms with van der Waals surface area (Å²) in [7, 11) is 0. The molecule has 154 valence electrons. The number of nitrogens with zero attached hydrogens (tertiary/aromatic N) is 5. The zero-order valence-electron chi connectivity index (χ0n) is 15.5. The molecule has 0 aliphatic rings. The Morgan fingerprint density at radius 3 is 2.79 bits per heavy atom. The number of aromatic nitrogens is 5. The van der Waals surface area contributed by atoms with Gasteiger partial charge >= 0.3 is 6.18 Å². The highest BCUT2D eigenvalue weighted by molar-refractivity contribution is 7.09.